The van der Waals surface area contributed by atoms with Gasteiger partial charge in [-0.2, -0.15) is 9.90 Å². The molecule has 1 atom stereocenters. The molecule has 0 saturated heterocycles. The lowest BCUT2D eigenvalue weighted by Crippen LogP contribution is -1.96. The first kappa shape index (κ1) is 16.0. The van der Waals surface area contributed by atoms with E-state index in [1.165, 1.54) is 54.5 Å². The summed E-state index contributed by atoms with van der Waals surface area (Å²) in [5.74, 6) is 0. The summed E-state index contributed by atoms with van der Waals surface area (Å²) in [7, 11) is 0. The van der Waals surface area contributed by atoms with Gasteiger partial charge >= 0.3 is 0 Å². The molecule has 92 valence electrons. The number of hydrogen-bond donors (Lipinski definition) is 1. The predicted molar refractivity (Wildman–Crippen MR) is 82.0 cm³/mol. The molecule has 0 N–H and O–H groups in total. The van der Waals surface area contributed by atoms with E-state index in [9.17, 15) is 0 Å². The molecule has 0 aliphatic carbocycles. The normalized spacial score (nSPS) is 9.94. The van der Waals surface area contributed by atoms with Crippen molar-refractivity contribution in [2.45, 2.75) is 57.3 Å². The van der Waals surface area contributed by atoms with Crippen LogP contribution in [0.25, 0.3) is 0 Å². The van der Waals surface area contributed by atoms with Crippen molar-refractivity contribution < 1.29 is 0 Å². The number of aryl methyl sites for hydroxylation is 1. The van der Waals surface area contributed by atoms with Gasteiger partial charge in [-0.1, -0.05) is 38.8 Å². The lowest BCUT2D eigenvalue weighted by atomic mass is 9.98. The van der Waals surface area contributed by atoms with Gasteiger partial charge in [0.15, 0.2) is 0 Å². The summed E-state index contributed by atoms with van der Waals surface area (Å²) in [5, 5.41) is 0. The van der Waals surface area contributed by atoms with Crippen molar-refractivity contribution >= 4 is 22.5 Å². The van der Waals surface area contributed by atoms with Crippen molar-refractivity contribution in [1.29, 1.82) is 0 Å². The average Bonchev–Trinajstić information content (AvgIpc) is 2.25. The highest BCUT2D eigenvalue weighted by Gasteiger charge is 2.04. The van der Waals surface area contributed by atoms with Gasteiger partial charge in [0.1, 0.15) is 0 Å². The smallest absolute Gasteiger partial charge is 0.00747 e. The van der Waals surface area contributed by atoms with Gasteiger partial charge in [0, 0.05) is 4.90 Å². The number of hydrogen-bond acceptors (Lipinski definition) is 1. The Balaban J connectivity index is 0.00000225. The lowest BCUT2D eigenvalue weighted by Gasteiger charge is -2.11. The molecule has 0 spiro atoms. The monoisotopic (exact) mass is 256 g/mol. The predicted octanol–water partition coefficient (Wildman–Crippen LogP) is 4.72. The van der Waals surface area contributed by atoms with Crippen LogP contribution in [0.4, 0.5) is 0 Å². The van der Waals surface area contributed by atoms with Gasteiger partial charge in [-0.25, -0.2) is 0 Å². The molecular formula is C14H25PS. The second-order valence-electron chi connectivity index (χ2n) is 4.12. The molecule has 0 heterocycles. The highest BCUT2D eigenvalue weighted by atomic mass is 32.1. The van der Waals surface area contributed by atoms with Gasteiger partial charge < -0.3 is 0 Å². The van der Waals surface area contributed by atoms with Crippen LogP contribution in [0.1, 0.15) is 50.7 Å². The van der Waals surface area contributed by atoms with Crippen molar-refractivity contribution in [3.8, 4) is 0 Å². The van der Waals surface area contributed by atoms with E-state index in [0.29, 0.717) is 0 Å². The van der Waals surface area contributed by atoms with Crippen LogP contribution in [0.15, 0.2) is 23.1 Å². The average molecular weight is 256 g/mol. The summed E-state index contributed by atoms with van der Waals surface area (Å²) in [6, 6.07) is 6.51. The van der Waals surface area contributed by atoms with E-state index in [0.717, 1.165) is 0 Å². The molecule has 2 heteroatoms. The van der Waals surface area contributed by atoms with Gasteiger partial charge in [0.25, 0.3) is 0 Å². The van der Waals surface area contributed by atoms with Gasteiger partial charge in [0.05, 0.1) is 0 Å². The molecule has 0 radical (unpaired) electrons. The quantitative estimate of drug-likeness (QED) is 0.552. The summed E-state index contributed by atoms with van der Waals surface area (Å²) in [6.45, 7) is 4.49. The standard InChI is InChI=1S/C14H22S.H3P/c1-3-5-8-12-9-7-11-14(15)13(12)10-6-4-2;/h7,9,11,15H,3-6,8,10H2,1-2H3;1H3. The van der Waals surface area contributed by atoms with E-state index < -0.39 is 0 Å². The third-order valence-corrected chi connectivity index (χ3v) is 3.25. The zero-order chi connectivity index (χ0) is 11.1. The van der Waals surface area contributed by atoms with Crippen molar-refractivity contribution in [3.63, 3.8) is 0 Å². The maximum Gasteiger partial charge on any atom is 0.00747 e. The van der Waals surface area contributed by atoms with Crippen LogP contribution in [-0.2, 0) is 12.8 Å². The van der Waals surface area contributed by atoms with Crippen LogP contribution < -0.4 is 0 Å². The summed E-state index contributed by atoms with van der Waals surface area (Å²) in [4.78, 5) is 1.18. The number of unbranched alkanes of at least 4 members (excludes halogenated alkanes) is 2. The Hall–Kier alpha value is -0.0000000000000000555. The highest BCUT2D eigenvalue weighted by Crippen LogP contribution is 2.22. The minimum Gasteiger partial charge on any atom is -0.153 e. The maximum atomic E-state index is 4.56. The summed E-state index contributed by atoms with van der Waals surface area (Å²) in [5.41, 5.74) is 2.99. The Bertz CT molecular complexity index is 297. The van der Waals surface area contributed by atoms with Gasteiger partial charge in [-0.05, 0) is 42.9 Å². The fourth-order valence-corrected chi connectivity index (χ4v) is 2.21. The van der Waals surface area contributed by atoms with Crippen LogP contribution in [0.5, 0.6) is 0 Å². The van der Waals surface area contributed by atoms with E-state index in [1.807, 2.05) is 0 Å². The molecule has 1 aromatic rings. The first-order chi connectivity index (χ1) is 7.29. The topological polar surface area (TPSA) is 0 Å². The second-order valence-corrected chi connectivity index (χ2v) is 4.60. The molecule has 0 nitrogen and oxygen atoms in total. The van der Waals surface area contributed by atoms with Crippen LogP contribution in [-0.4, -0.2) is 0 Å². The van der Waals surface area contributed by atoms with E-state index in [-0.39, 0.29) is 9.90 Å². The summed E-state index contributed by atoms with van der Waals surface area (Å²) >= 11 is 4.56. The van der Waals surface area contributed by atoms with E-state index in [4.69, 9.17) is 0 Å². The van der Waals surface area contributed by atoms with E-state index in [1.54, 1.807) is 0 Å². The Morgan fingerprint density at radius 1 is 1.00 bits per heavy atom. The minimum absolute atomic E-state index is 0. The Labute approximate surface area is 109 Å². The molecule has 0 bridgehead atoms. The first-order valence-electron chi connectivity index (χ1n) is 6.09. The van der Waals surface area contributed by atoms with Crippen LogP contribution in [0.3, 0.4) is 0 Å². The largest absolute Gasteiger partial charge is 0.153 e. The SMILES string of the molecule is CCCCc1cccc(S)c1CCCC.P. The zero-order valence-electron chi connectivity index (χ0n) is 10.6. The molecule has 0 amide bonds. The molecule has 1 aromatic carbocycles. The number of thiol groups is 1. The van der Waals surface area contributed by atoms with Gasteiger partial charge in [-0.3, -0.25) is 0 Å². The molecule has 1 unspecified atom stereocenters. The fraction of sp³-hybridized carbons (Fsp3) is 0.571. The van der Waals surface area contributed by atoms with Crippen molar-refractivity contribution in [1.82, 2.24) is 0 Å². The molecule has 1 rings (SSSR count). The maximum absolute atomic E-state index is 4.56. The summed E-state index contributed by atoms with van der Waals surface area (Å²) < 4.78 is 0. The van der Waals surface area contributed by atoms with E-state index >= 15 is 0 Å². The molecule has 0 saturated carbocycles. The molecule has 0 aliphatic heterocycles. The molecular weight excluding hydrogens is 231 g/mol. The fourth-order valence-electron chi connectivity index (χ4n) is 1.86. The number of benzene rings is 1. The molecule has 0 aromatic heterocycles. The van der Waals surface area contributed by atoms with Gasteiger partial charge in [0.2, 0.25) is 0 Å². The second kappa shape index (κ2) is 9.07. The van der Waals surface area contributed by atoms with E-state index in [2.05, 4.69) is 44.7 Å². The Kier molecular flexibility index (Phi) is 9.07. The summed E-state index contributed by atoms with van der Waals surface area (Å²) in [6.07, 6.45) is 7.49. The number of rotatable bonds is 6. The molecule has 0 aliphatic rings. The van der Waals surface area contributed by atoms with Gasteiger partial charge in [-0.15, -0.1) is 12.6 Å². The minimum atomic E-state index is 0. The van der Waals surface area contributed by atoms with Crippen LogP contribution in [0.2, 0.25) is 0 Å². The van der Waals surface area contributed by atoms with Crippen LogP contribution in [0, 0.1) is 0 Å². The highest BCUT2D eigenvalue weighted by molar-refractivity contribution is 7.80. The third-order valence-electron chi connectivity index (χ3n) is 2.83. The van der Waals surface area contributed by atoms with Crippen molar-refractivity contribution in [3.05, 3.63) is 29.3 Å². The molecule has 16 heavy (non-hydrogen) atoms. The van der Waals surface area contributed by atoms with Crippen molar-refractivity contribution in [2.75, 3.05) is 0 Å². The Morgan fingerprint density at radius 2 is 1.62 bits per heavy atom. The zero-order valence-corrected chi connectivity index (χ0v) is 12.9. The third kappa shape index (κ3) is 4.89. The molecule has 0 fully saturated rings. The van der Waals surface area contributed by atoms with Crippen molar-refractivity contribution in [2.24, 2.45) is 0 Å². The first-order valence-corrected chi connectivity index (χ1v) is 6.54. The lowest BCUT2D eigenvalue weighted by molar-refractivity contribution is 0.749. The van der Waals surface area contributed by atoms with Crippen LogP contribution >= 0.6 is 22.5 Å². The Morgan fingerprint density at radius 3 is 2.25 bits per heavy atom.